The molecule has 2 heterocycles. The Labute approximate surface area is 227 Å². The fourth-order valence-electron chi connectivity index (χ4n) is 5.49. The molecule has 2 aliphatic heterocycles. The standard InChI is InChI=1S/C31H35NO5S/c1-20-14-15-32(17-20)21(2)18-36-26-11-8-23(9-12-26)31-30(27-7-5-4-6-24(27)19-38(34)35)22(3)28-16-25(33)10-13-29(28)37-31/h4-13,16,20-21,31,33H,14-15,17-19H2,1-3H3,(H,34,35)/t20-,21+,31?/m1/s1. The van der Waals surface area contributed by atoms with Crippen molar-refractivity contribution < 1.29 is 23.3 Å². The Morgan fingerprint density at radius 3 is 2.58 bits per heavy atom. The minimum Gasteiger partial charge on any atom is -0.508 e. The van der Waals surface area contributed by atoms with Crippen LogP contribution in [0.1, 0.15) is 55.5 Å². The van der Waals surface area contributed by atoms with Crippen molar-refractivity contribution >= 4 is 22.2 Å². The van der Waals surface area contributed by atoms with Crippen LogP contribution in [-0.4, -0.2) is 44.5 Å². The molecule has 7 heteroatoms. The minimum absolute atomic E-state index is 0.0212. The molecule has 5 rings (SSSR count). The zero-order chi connectivity index (χ0) is 26.8. The monoisotopic (exact) mass is 533 g/mol. The summed E-state index contributed by atoms with van der Waals surface area (Å²) in [6.07, 6.45) is 0.815. The lowest BCUT2D eigenvalue weighted by Crippen LogP contribution is -2.35. The van der Waals surface area contributed by atoms with Crippen LogP contribution in [0.15, 0.2) is 66.7 Å². The van der Waals surface area contributed by atoms with E-state index in [0.717, 1.165) is 58.2 Å². The van der Waals surface area contributed by atoms with Crippen LogP contribution in [0.3, 0.4) is 0 Å². The van der Waals surface area contributed by atoms with Gasteiger partial charge in [0.15, 0.2) is 11.1 Å². The summed E-state index contributed by atoms with van der Waals surface area (Å²) in [5.74, 6) is 2.43. The first-order chi connectivity index (χ1) is 18.3. The molecule has 4 atom stereocenters. The largest absolute Gasteiger partial charge is 0.508 e. The Morgan fingerprint density at radius 2 is 1.87 bits per heavy atom. The number of phenolic OH excluding ortho intramolecular Hbond substituents is 1. The Morgan fingerprint density at radius 1 is 1.11 bits per heavy atom. The molecule has 0 aliphatic carbocycles. The summed E-state index contributed by atoms with van der Waals surface area (Å²) < 4.78 is 34.1. The number of benzene rings is 3. The number of ether oxygens (including phenoxy) is 2. The van der Waals surface area contributed by atoms with E-state index < -0.39 is 17.2 Å². The molecule has 1 fully saturated rings. The number of allylic oxidation sites excluding steroid dienone is 1. The van der Waals surface area contributed by atoms with Gasteiger partial charge in [-0.15, -0.1) is 0 Å². The van der Waals surface area contributed by atoms with Crippen molar-refractivity contribution in [2.45, 2.75) is 45.1 Å². The quantitative estimate of drug-likeness (QED) is 0.332. The molecule has 38 heavy (non-hydrogen) atoms. The molecule has 0 spiro atoms. The van der Waals surface area contributed by atoms with E-state index in [2.05, 4.69) is 18.7 Å². The molecule has 200 valence electrons. The van der Waals surface area contributed by atoms with Crippen LogP contribution in [0.4, 0.5) is 0 Å². The van der Waals surface area contributed by atoms with Gasteiger partial charge < -0.3 is 19.1 Å². The van der Waals surface area contributed by atoms with Crippen LogP contribution < -0.4 is 9.47 Å². The van der Waals surface area contributed by atoms with Gasteiger partial charge in [0.05, 0.1) is 5.75 Å². The van der Waals surface area contributed by atoms with Crippen LogP contribution in [0.2, 0.25) is 0 Å². The molecule has 0 saturated carbocycles. The van der Waals surface area contributed by atoms with E-state index in [0.29, 0.717) is 18.4 Å². The molecule has 2 unspecified atom stereocenters. The van der Waals surface area contributed by atoms with Crippen molar-refractivity contribution in [2.24, 2.45) is 5.92 Å². The number of aromatic hydroxyl groups is 1. The summed E-state index contributed by atoms with van der Waals surface area (Å²) >= 11 is -1.98. The molecule has 2 aliphatic rings. The number of likely N-dealkylation sites (tertiary alicyclic amines) is 1. The second kappa shape index (κ2) is 11.3. The third-order valence-corrected chi connectivity index (χ3v) is 8.18. The molecule has 3 aromatic rings. The van der Waals surface area contributed by atoms with Gasteiger partial charge in [-0.25, -0.2) is 4.21 Å². The predicted octanol–water partition coefficient (Wildman–Crippen LogP) is 6.29. The van der Waals surface area contributed by atoms with Crippen LogP contribution in [0, 0.1) is 5.92 Å². The Balaban J connectivity index is 1.45. The van der Waals surface area contributed by atoms with Gasteiger partial charge in [0.1, 0.15) is 30.0 Å². The van der Waals surface area contributed by atoms with Crippen LogP contribution >= 0.6 is 0 Å². The highest BCUT2D eigenvalue weighted by atomic mass is 32.2. The lowest BCUT2D eigenvalue weighted by atomic mass is 9.84. The Hall–Kier alpha value is -3.13. The van der Waals surface area contributed by atoms with E-state index >= 15 is 0 Å². The number of nitrogens with zero attached hydrogens (tertiary/aromatic N) is 1. The van der Waals surface area contributed by atoms with E-state index in [1.54, 1.807) is 18.2 Å². The first-order valence-electron chi connectivity index (χ1n) is 13.1. The third-order valence-electron chi connectivity index (χ3n) is 7.62. The lowest BCUT2D eigenvalue weighted by Gasteiger charge is -2.32. The van der Waals surface area contributed by atoms with Crippen LogP contribution in [0.5, 0.6) is 17.2 Å². The summed E-state index contributed by atoms with van der Waals surface area (Å²) in [4.78, 5) is 2.49. The van der Waals surface area contributed by atoms with Crippen molar-refractivity contribution in [2.75, 3.05) is 19.7 Å². The smallest absolute Gasteiger partial charge is 0.157 e. The molecule has 2 N–H and O–H groups in total. The molecular weight excluding hydrogens is 498 g/mol. The number of phenols is 1. The molecule has 0 bridgehead atoms. The minimum atomic E-state index is -1.98. The molecule has 0 radical (unpaired) electrons. The van der Waals surface area contributed by atoms with Crippen LogP contribution in [0.25, 0.3) is 11.1 Å². The SMILES string of the molecule is CC1=C(c2ccccc2CS(=O)O)C(c2ccc(OC[C@H](C)N3CC[C@@H](C)C3)cc2)Oc2ccc(O)cc21. The molecule has 0 amide bonds. The average molecular weight is 534 g/mol. The Bertz CT molecular complexity index is 1350. The summed E-state index contributed by atoms with van der Waals surface area (Å²) in [6.45, 7) is 9.41. The molecule has 6 nitrogen and oxygen atoms in total. The first kappa shape index (κ1) is 26.5. The van der Waals surface area contributed by atoms with Gasteiger partial charge in [-0.2, -0.15) is 0 Å². The van der Waals surface area contributed by atoms with E-state index in [1.165, 1.54) is 6.42 Å². The van der Waals surface area contributed by atoms with Gasteiger partial charge in [-0.1, -0.05) is 43.3 Å². The van der Waals surface area contributed by atoms with Crippen molar-refractivity contribution in [1.82, 2.24) is 4.90 Å². The number of fused-ring (bicyclic) bond motifs is 1. The van der Waals surface area contributed by atoms with Gasteiger partial charge in [-0.05, 0) is 85.3 Å². The van der Waals surface area contributed by atoms with Gasteiger partial charge in [0.25, 0.3) is 0 Å². The summed E-state index contributed by atoms with van der Waals surface area (Å²) in [7, 11) is 0. The Kier molecular flexibility index (Phi) is 7.88. The maximum Gasteiger partial charge on any atom is 0.157 e. The van der Waals surface area contributed by atoms with E-state index in [1.807, 2.05) is 55.5 Å². The topological polar surface area (TPSA) is 79.2 Å². The average Bonchev–Trinajstić information content (AvgIpc) is 3.34. The van der Waals surface area contributed by atoms with Gasteiger partial charge >= 0.3 is 0 Å². The highest BCUT2D eigenvalue weighted by Gasteiger charge is 2.31. The normalized spacial score (nSPS) is 21.1. The summed E-state index contributed by atoms with van der Waals surface area (Å²) in [6, 6.07) is 21.1. The van der Waals surface area contributed by atoms with Crippen molar-refractivity contribution in [3.05, 3.63) is 89.0 Å². The highest BCUT2D eigenvalue weighted by Crippen LogP contribution is 2.48. The van der Waals surface area contributed by atoms with Gasteiger partial charge in [0.2, 0.25) is 0 Å². The van der Waals surface area contributed by atoms with Gasteiger partial charge in [-0.3, -0.25) is 4.90 Å². The van der Waals surface area contributed by atoms with Crippen LogP contribution in [-0.2, 0) is 16.8 Å². The summed E-state index contributed by atoms with van der Waals surface area (Å²) in [5.41, 5.74) is 5.26. The van der Waals surface area contributed by atoms with E-state index in [9.17, 15) is 13.9 Å². The summed E-state index contributed by atoms with van der Waals surface area (Å²) in [5, 5.41) is 10.2. The predicted molar refractivity (Wildman–Crippen MR) is 152 cm³/mol. The molecule has 1 saturated heterocycles. The highest BCUT2D eigenvalue weighted by molar-refractivity contribution is 7.78. The second-order valence-electron chi connectivity index (χ2n) is 10.5. The maximum absolute atomic E-state index is 11.7. The molecule has 3 aromatic carbocycles. The number of hydrogen-bond acceptors (Lipinski definition) is 5. The zero-order valence-electron chi connectivity index (χ0n) is 22.1. The second-order valence-corrected chi connectivity index (χ2v) is 11.4. The number of hydrogen-bond donors (Lipinski definition) is 2. The molecular formula is C31H35NO5S. The molecule has 0 aromatic heterocycles. The van der Waals surface area contributed by atoms with Crippen molar-refractivity contribution in [3.63, 3.8) is 0 Å². The third kappa shape index (κ3) is 5.65. The van der Waals surface area contributed by atoms with Crippen molar-refractivity contribution in [1.29, 1.82) is 0 Å². The van der Waals surface area contributed by atoms with Gasteiger partial charge in [0, 0.05) is 23.7 Å². The first-order valence-corrected chi connectivity index (χ1v) is 14.4. The maximum atomic E-state index is 11.7. The van der Waals surface area contributed by atoms with Crippen molar-refractivity contribution in [3.8, 4) is 17.2 Å². The lowest BCUT2D eigenvalue weighted by molar-refractivity contribution is 0.169. The fraction of sp³-hybridized carbons (Fsp3) is 0.355. The fourth-order valence-corrected chi connectivity index (χ4v) is 6.01. The van der Waals surface area contributed by atoms with E-state index in [-0.39, 0.29) is 11.5 Å². The van der Waals surface area contributed by atoms with E-state index in [4.69, 9.17) is 9.47 Å². The number of rotatable bonds is 8. The zero-order valence-corrected chi connectivity index (χ0v) is 22.9.